The summed E-state index contributed by atoms with van der Waals surface area (Å²) in [6.07, 6.45) is 1.10. The Labute approximate surface area is 156 Å². The van der Waals surface area contributed by atoms with Gasteiger partial charge >= 0.3 is 5.97 Å². The van der Waals surface area contributed by atoms with E-state index in [1.807, 2.05) is 6.07 Å². The van der Waals surface area contributed by atoms with Crippen molar-refractivity contribution in [3.63, 3.8) is 0 Å². The molecule has 8 heteroatoms. The first-order valence-corrected chi connectivity index (χ1v) is 9.83. The number of esters is 1. The number of benzene rings is 1. The van der Waals surface area contributed by atoms with Crippen molar-refractivity contribution in [2.45, 2.75) is 25.8 Å². The molecule has 1 aromatic carbocycles. The lowest BCUT2D eigenvalue weighted by molar-refractivity contribution is -0.154. The molecule has 0 aliphatic carbocycles. The lowest BCUT2D eigenvalue weighted by Crippen LogP contribution is -2.52. The van der Waals surface area contributed by atoms with Crippen molar-refractivity contribution in [2.24, 2.45) is 0 Å². The Morgan fingerprint density at radius 1 is 1.35 bits per heavy atom. The maximum absolute atomic E-state index is 12.5. The number of ether oxygens (including phenoxy) is 2. The minimum atomic E-state index is -0.552. The van der Waals surface area contributed by atoms with Crippen molar-refractivity contribution in [3.05, 3.63) is 23.8 Å². The Kier molecular flexibility index (Phi) is 6.03. The molecule has 0 radical (unpaired) electrons. The summed E-state index contributed by atoms with van der Waals surface area (Å²) in [4.78, 5) is 37.6. The number of anilines is 1. The highest BCUT2D eigenvalue weighted by atomic mass is 32.2. The Bertz CT molecular complexity index is 709. The molecule has 1 aromatic rings. The van der Waals surface area contributed by atoms with Crippen LogP contribution in [0.2, 0.25) is 0 Å². The summed E-state index contributed by atoms with van der Waals surface area (Å²) >= 11 is 1.64. The molecule has 7 nitrogen and oxygen atoms in total. The lowest BCUT2D eigenvalue weighted by Gasteiger charge is -2.33. The molecule has 2 amide bonds. The van der Waals surface area contributed by atoms with Crippen LogP contribution in [0.5, 0.6) is 5.75 Å². The van der Waals surface area contributed by atoms with E-state index in [1.165, 1.54) is 0 Å². The summed E-state index contributed by atoms with van der Waals surface area (Å²) in [5.41, 5.74) is 1.78. The zero-order valence-corrected chi connectivity index (χ0v) is 15.5. The van der Waals surface area contributed by atoms with Gasteiger partial charge in [-0.15, -0.1) is 0 Å². The van der Waals surface area contributed by atoms with E-state index >= 15 is 0 Å². The average Bonchev–Trinajstić information content (AvgIpc) is 2.66. The van der Waals surface area contributed by atoms with Gasteiger partial charge in [-0.2, -0.15) is 11.8 Å². The molecule has 0 spiro atoms. The number of fused-ring (bicyclic) bond motifs is 1. The smallest absolute Gasteiger partial charge is 0.329 e. The maximum Gasteiger partial charge on any atom is 0.329 e. The molecule has 0 aromatic heterocycles. The van der Waals surface area contributed by atoms with Crippen LogP contribution < -0.4 is 10.1 Å². The molecular formula is C18H22N2O5S. The van der Waals surface area contributed by atoms with Crippen molar-refractivity contribution in [3.8, 4) is 5.75 Å². The summed E-state index contributed by atoms with van der Waals surface area (Å²) in [7, 11) is 0. The molecule has 2 heterocycles. The average molecular weight is 378 g/mol. The van der Waals surface area contributed by atoms with Crippen LogP contribution in [0.1, 0.15) is 18.9 Å². The molecule has 1 fully saturated rings. The minimum Gasteiger partial charge on any atom is -0.484 e. The first-order chi connectivity index (χ1) is 12.6. The predicted molar refractivity (Wildman–Crippen MR) is 98.3 cm³/mol. The van der Waals surface area contributed by atoms with E-state index in [-0.39, 0.29) is 24.4 Å². The van der Waals surface area contributed by atoms with E-state index in [2.05, 4.69) is 5.32 Å². The van der Waals surface area contributed by atoms with Gasteiger partial charge in [-0.3, -0.25) is 9.59 Å². The summed E-state index contributed by atoms with van der Waals surface area (Å²) in [5, 5.41) is 2.81. The fourth-order valence-electron chi connectivity index (χ4n) is 3.01. The number of hydrogen-bond acceptors (Lipinski definition) is 6. The van der Waals surface area contributed by atoms with Gasteiger partial charge in [-0.1, -0.05) is 0 Å². The van der Waals surface area contributed by atoms with Gasteiger partial charge in [0, 0.05) is 30.2 Å². The molecule has 3 rings (SSSR count). The number of nitrogens with zero attached hydrogens (tertiary/aromatic N) is 1. The molecule has 26 heavy (non-hydrogen) atoms. The maximum atomic E-state index is 12.5. The minimum absolute atomic E-state index is 0.00863. The normalized spacial score (nSPS) is 19.3. The fraction of sp³-hybridized carbons (Fsp3) is 0.500. The highest BCUT2D eigenvalue weighted by molar-refractivity contribution is 7.99. The fourth-order valence-corrected chi connectivity index (χ4v) is 4.05. The number of rotatable bonds is 5. The zero-order valence-electron chi connectivity index (χ0n) is 14.7. The molecule has 2 aliphatic heterocycles. The van der Waals surface area contributed by atoms with Gasteiger partial charge in [0.05, 0.1) is 6.61 Å². The number of nitrogens with one attached hydrogen (secondary N) is 1. The number of aryl methyl sites for hydroxylation is 1. The Hall–Kier alpha value is -2.22. The van der Waals surface area contributed by atoms with E-state index in [4.69, 9.17) is 9.47 Å². The van der Waals surface area contributed by atoms with Crippen LogP contribution in [0.3, 0.4) is 0 Å². The van der Waals surface area contributed by atoms with Crippen LogP contribution in [-0.4, -0.2) is 60.0 Å². The van der Waals surface area contributed by atoms with E-state index in [0.29, 0.717) is 37.5 Å². The quantitative estimate of drug-likeness (QED) is 0.781. The SMILES string of the molecule is CCOC(=O)[C@H]1CSCCN1C(=O)COc1ccc2c(c1)CCC(=O)N2. The third-order valence-electron chi connectivity index (χ3n) is 4.34. The molecule has 0 bridgehead atoms. The summed E-state index contributed by atoms with van der Waals surface area (Å²) in [6.45, 7) is 2.42. The predicted octanol–water partition coefficient (Wildman–Crippen LogP) is 1.46. The summed E-state index contributed by atoms with van der Waals surface area (Å²) < 4.78 is 10.7. The monoisotopic (exact) mass is 378 g/mol. The van der Waals surface area contributed by atoms with Crippen molar-refractivity contribution in [1.82, 2.24) is 4.90 Å². The highest BCUT2D eigenvalue weighted by Gasteiger charge is 2.33. The van der Waals surface area contributed by atoms with Crippen molar-refractivity contribution >= 4 is 35.2 Å². The molecule has 2 aliphatic rings. The van der Waals surface area contributed by atoms with Gasteiger partial charge in [0.1, 0.15) is 11.8 Å². The Morgan fingerprint density at radius 3 is 3.00 bits per heavy atom. The molecule has 140 valence electrons. The molecule has 0 unspecified atom stereocenters. The summed E-state index contributed by atoms with van der Waals surface area (Å²) in [6, 6.07) is 4.80. The van der Waals surface area contributed by atoms with E-state index in [0.717, 1.165) is 17.0 Å². The first kappa shape index (κ1) is 18.6. The van der Waals surface area contributed by atoms with Gasteiger partial charge in [0.15, 0.2) is 6.61 Å². The molecule has 1 saturated heterocycles. The zero-order chi connectivity index (χ0) is 18.5. The second-order valence-electron chi connectivity index (χ2n) is 6.09. The second-order valence-corrected chi connectivity index (χ2v) is 7.24. The Morgan fingerprint density at radius 2 is 2.19 bits per heavy atom. The van der Waals surface area contributed by atoms with Crippen LogP contribution in [-0.2, 0) is 25.5 Å². The van der Waals surface area contributed by atoms with E-state index in [9.17, 15) is 14.4 Å². The van der Waals surface area contributed by atoms with Gasteiger partial charge in [0.25, 0.3) is 5.91 Å². The molecule has 0 saturated carbocycles. The third-order valence-corrected chi connectivity index (χ3v) is 5.36. The number of hydrogen-bond donors (Lipinski definition) is 1. The van der Waals surface area contributed by atoms with Gasteiger partial charge < -0.3 is 19.7 Å². The number of carbonyl (C=O) groups excluding carboxylic acids is 3. The number of thioether (sulfide) groups is 1. The third kappa shape index (κ3) is 4.30. The van der Waals surface area contributed by atoms with Crippen LogP contribution >= 0.6 is 11.8 Å². The van der Waals surface area contributed by atoms with E-state index < -0.39 is 6.04 Å². The highest BCUT2D eigenvalue weighted by Crippen LogP contribution is 2.27. The van der Waals surface area contributed by atoms with Crippen molar-refractivity contribution in [2.75, 3.05) is 36.6 Å². The number of amides is 2. The van der Waals surface area contributed by atoms with Crippen LogP contribution in [0.15, 0.2) is 18.2 Å². The van der Waals surface area contributed by atoms with Gasteiger partial charge in [-0.25, -0.2) is 4.79 Å². The van der Waals surface area contributed by atoms with Gasteiger partial charge in [0.2, 0.25) is 5.91 Å². The lowest BCUT2D eigenvalue weighted by atomic mass is 10.0. The standard InChI is InChI=1S/C18H22N2O5S/c1-2-24-18(23)15-11-26-8-7-20(15)17(22)10-25-13-4-5-14-12(9-13)3-6-16(21)19-14/h4-5,9,15H,2-3,6-8,10-11H2,1H3,(H,19,21)/t15-/m1/s1. The number of carbonyl (C=O) groups is 3. The van der Waals surface area contributed by atoms with Crippen LogP contribution in [0.4, 0.5) is 5.69 Å². The second kappa shape index (κ2) is 8.44. The molecular weight excluding hydrogens is 356 g/mol. The van der Waals surface area contributed by atoms with Gasteiger partial charge in [-0.05, 0) is 37.1 Å². The topological polar surface area (TPSA) is 84.9 Å². The molecule has 1 N–H and O–H groups in total. The van der Waals surface area contributed by atoms with Crippen molar-refractivity contribution < 1.29 is 23.9 Å². The largest absolute Gasteiger partial charge is 0.484 e. The van der Waals surface area contributed by atoms with Crippen LogP contribution in [0.25, 0.3) is 0 Å². The summed E-state index contributed by atoms with van der Waals surface area (Å²) in [5.74, 6) is 1.33. The van der Waals surface area contributed by atoms with E-state index in [1.54, 1.807) is 35.7 Å². The molecule has 1 atom stereocenters. The van der Waals surface area contributed by atoms with Crippen molar-refractivity contribution in [1.29, 1.82) is 0 Å². The Balaban J connectivity index is 1.60. The van der Waals surface area contributed by atoms with Crippen LogP contribution in [0, 0.1) is 0 Å². The first-order valence-electron chi connectivity index (χ1n) is 8.68.